The van der Waals surface area contributed by atoms with Crippen molar-refractivity contribution < 1.29 is 9.90 Å². The molecule has 14 heavy (non-hydrogen) atoms. The van der Waals surface area contributed by atoms with Crippen molar-refractivity contribution in [3.05, 3.63) is 0 Å². The number of carboxylic acids is 1. The van der Waals surface area contributed by atoms with E-state index in [-0.39, 0.29) is 18.0 Å². The van der Waals surface area contributed by atoms with Crippen LogP contribution in [0.3, 0.4) is 0 Å². The van der Waals surface area contributed by atoms with Gasteiger partial charge in [-0.1, -0.05) is 6.92 Å². The maximum atomic E-state index is 11.0. The Balaban J connectivity index is 2.09. The second-order valence-corrected chi connectivity index (χ2v) is 4.43. The largest absolute Gasteiger partial charge is 0.481 e. The van der Waals surface area contributed by atoms with Crippen LogP contribution in [0.25, 0.3) is 0 Å². The Morgan fingerprint density at radius 1 is 1.57 bits per heavy atom. The van der Waals surface area contributed by atoms with Crippen molar-refractivity contribution in [1.82, 2.24) is 4.90 Å². The molecule has 3 unspecified atom stereocenters. The van der Waals surface area contributed by atoms with Crippen LogP contribution in [-0.2, 0) is 4.79 Å². The zero-order chi connectivity index (χ0) is 10.3. The van der Waals surface area contributed by atoms with Gasteiger partial charge < -0.3 is 10.8 Å². The second-order valence-electron chi connectivity index (χ2n) is 4.43. The number of nitrogens with two attached hydrogens (primary N) is 1. The molecule has 2 aliphatic rings. The van der Waals surface area contributed by atoms with Crippen LogP contribution in [0, 0.1) is 5.92 Å². The topological polar surface area (TPSA) is 66.6 Å². The standard InChI is InChI=1S/C10H18N2O2/c1-2-8-9(11)7(10(13)14)5-12(8)6-3-4-6/h6-9H,2-5,11H2,1H3,(H,13,14). The minimum Gasteiger partial charge on any atom is -0.481 e. The van der Waals surface area contributed by atoms with Gasteiger partial charge in [-0.15, -0.1) is 0 Å². The van der Waals surface area contributed by atoms with Crippen molar-refractivity contribution in [2.45, 2.75) is 44.3 Å². The van der Waals surface area contributed by atoms with Gasteiger partial charge in [0.15, 0.2) is 0 Å². The Kier molecular flexibility index (Phi) is 2.49. The molecule has 2 rings (SSSR count). The fourth-order valence-corrected chi connectivity index (χ4v) is 2.55. The van der Waals surface area contributed by atoms with Gasteiger partial charge in [0.25, 0.3) is 0 Å². The summed E-state index contributed by atoms with van der Waals surface area (Å²) in [5.41, 5.74) is 5.97. The normalized spacial score (nSPS) is 38.9. The average Bonchev–Trinajstić information content (AvgIpc) is 2.90. The number of likely N-dealkylation sites (tertiary alicyclic amines) is 1. The Hall–Kier alpha value is -0.610. The molecule has 1 heterocycles. The van der Waals surface area contributed by atoms with Crippen LogP contribution in [-0.4, -0.2) is 40.6 Å². The van der Waals surface area contributed by atoms with E-state index in [0.29, 0.717) is 12.6 Å². The first kappa shape index (κ1) is 9.93. The van der Waals surface area contributed by atoms with Gasteiger partial charge in [-0.3, -0.25) is 9.69 Å². The smallest absolute Gasteiger partial charge is 0.309 e. The molecule has 0 aromatic heterocycles. The van der Waals surface area contributed by atoms with Crippen molar-refractivity contribution in [2.75, 3.05) is 6.54 Å². The van der Waals surface area contributed by atoms with Crippen molar-refractivity contribution in [1.29, 1.82) is 0 Å². The highest BCUT2D eigenvalue weighted by Gasteiger charge is 2.47. The lowest BCUT2D eigenvalue weighted by Crippen LogP contribution is -2.42. The second kappa shape index (κ2) is 3.51. The van der Waals surface area contributed by atoms with Crippen molar-refractivity contribution in [3.63, 3.8) is 0 Å². The highest BCUT2D eigenvalue weighted by molar-refractivity contribution is 5.72. The van der Waals surface area contributed by atoms with Gasteiger partial charge in [-0.05, 0) is 19.3 Å². The van der Waals surface area contributed by atoms with Crippen molar-refractivity contribution >= 4 is 5.97 Å². The van der Waals surface area contributed by atoms with Crippen LogP contribution in [0.2, 0.25) is 0 Å². The Morgan fingerprint density at radius 3 is 2.64 bits per heavy atom. The summed E-state index contributed by atoms with van der Waals surface area (Å²) in [5.74, 6) is -1.10. The summed E-state index contributed by atoms with van der Waals surface area (Å²) >= 11 is 0. The Bertz CT molecular complexity index is 240. The van der Waals surface area contributed by atoms with Crippen LogP contribution in [0.15, 0.2) is 0 Å². The summed E-state index contributed by atoms with van der Waals surface area (Å²) in [6.07, 6.45) is 3.40. The van der Waals surface area contributed by atoms with Gasteiger partial charge in [-0.2, -0.15) is 0 Å². The Morgan fingerprint density at radius 2 is 2.21 bits per heavy atom. The number of carbonyl (C=O) groups is 1. The fraction of sp³-hybridized carbons (Fsp3) is 0.900. The highest BCUT2D eigenvalue weighted by Crippen LogP contribution is 2.36. The minimum absolute atomic E-state index is 0.182. The van der Waals surface area contributed by atoms with Crippen LogP contribution in [0.1, 0.15) is 26.2 Å². The van der Waals surface area contributed by atoms with Crippen LogP contribution in [0.4, 0.5) is 0 Å². The molecule has 1 aliphatic carbocycles. The third kappa shape index (κ3) is 1.53. The fourth-order valence-electron chi connectivity index (χ4n) is 2.55. The lowest BCUT2D eigenvalue weighted by Gasteiger charge is -2.24. The molecule has 3 atom stereocenters. The zero-order valence-corrected chi connectivity index (χ0v) is 8.52. The summed E-state index contributed by atoms with van der Waals surface area (Å²) in [7, 11) is 0. The molecule has 1 saturated carbocycles. The van der Waals surface area contributed by atoms with E-state index in [0.717, 1.165) is 6.42 Å². The van der Waals surface area contributed by atoms with Gasteiger partial charge in [0.1, 0.15) is 0 Å². The molecule has 0 spiro atoms. The van der Waals surface area contributed by atoms with E-state index in [1.54, 1.807) is 0 Å². The highest BCUT2D eigenvalue weighted by atomic mass is 16.4. The first-order valence-corrected chi connectivity index (χ1v) is 5.39. The third-order valence-corrected chi connectivity index (χ3v) is 3.49. The number of rotatable bonds is 3. The van der Waals surface area contributed by atoms with E-state index < -0.39 is 5.97 Å². The molecule has 0 radical (unpaired) electrons. The SMILES string of the molecule is CCC1C(N)C(C(=O)O)CN1C1CC1. The van der Waals surface area contributed by atoms with Crippen LogP contribution in [0.5, 0.6) is 0 Å². The first-order chi connectivity index (χ1) is 6.65. The molecule has 1 aliphatic heterocycles. The van der Waals surface area contributed by atoms with Gasteiger partial charge in [0.05, 0.1) is 5.92 Å². The quantitative estimate of drug-likeness (QED) is 0.683. The molecular formula is C10H18N2O2. The molecule has 4 nitrogen and oxygen atoms in total. The molecule has 80 valence electrons. The van der Waals surface area contributed by atoms with Gasteiger partial charge in [0, 0.05) is 24.7 Å². The summed E-state index contributed by atoms with van der Waals surface area (Å²) in [6, 6.07) is 0.719. The lowest BCUT2D eigenvalue weighted by atomic mass is 9.98. The van der Waals surface area contributed by atoms with Gasteiger partial charge >= 0.3 is 5.97 Å². The van der Waals surface area contributed by atoms with Gasteiger partial charge in [0.2, 0.25) is 0 Å². The molecule has 0 aromatic rings. The monoisotopic (exact) mass is 198 g/mol. The third-order valence-electron chi connectivity index (χ3n) is 3.49. The van der Waals surface area contributed by atoms with E-state index in [1.165, 1.54) is 12.8 Å². The summed E-state index contributed by atoms with van der Waals surface area (Å²) in [6.45, 7) is 2.74. The predicted molar refractivity (Wildman–Crippen MR) is 52.9 cm³/mol. The molecular weight excluding hydrogens is 180 g/mol. The number of hydrogen-bond donors (Lipinski definition) is 2. The molecule has 1 saturated heterocycles. The average molecular weight is 198 g/mol. The lowest BCUT2D eigenvalue weighted by molar-refractivity contribution is -0.141. The van der Waals surface area contributed by atoms with Gasteiger partial charge in [-0.25, -0.2) is 0 Å². The minimum atomic E-state index is -0.737. The van der Waals surface area contributed by atoms with E-state index in [2.05, 4.69) is 11.8 Å². The molecule has 4 heteroatoms. The number of hydrogen-bond acceptors (Lipinski definition) is 3. The maximum absolute atomic E-state index is 11.0. The molecule has 0 bridgehead atoms. The molecule has 3 N–H and O–H groups in total. The Labute approximate surface area is 84.1 Å². The van der Waals surface area contributed by atoms with Crippen LogP contribution < -0.4 is 5.73 Å². The number of aliphatic carboxylic acids is 1. The predicted octanol–water partition coefficient (Wildman–Crippen LogP) is 0.271. The van der Waals surface area contributed by atoms with Crippen LogP contribution >= 0.6 is 0 Å². The summed E-state index contributed by atoms with van der Waals surface area (Å²) in [5, 5.41) is 9.01. The maximum Gasteiger partial charge on any atom is 0.309 e. The van der Waals surface area contributed by atoms with Crippen molar-refractivity contribution in [2.24, 2.45) is 11.7 Å². The molecule has 0 amide bonds. The van der Waals surface area contributed by atoms with E-state index in [1.807, 2.05) is 0 Å². The zero-order valence-electron chi connectivity index (χ0n) is 8.52. The first-order valence-electron chi connectivity index (χ1n) is 5.39. The number of nitrogens with zero attached hydrogens (tertiary/aromatic N) is 1. The summed E-state index contributed by atoms with van der Waals surface area (Å²) < 4.78 is 0. The van der Waals surface area contributed by atoms with Crippen molar-refractivity contribution in [3.8, 4) is 0 Å². The van der Waals surface area contributed by atoms with E-state index >= 15 is 0 Å². The molecule has 0 aromatic carbocycles. The number of carboxylic acid groups (broad SMARTS) is 1. The molecule has 2 fully saturated rings. The summed E-state index contributed by atoms with van der Waals surface area (Å²) in [4.78, 5) is 13.3. The van der Waals surface area contributed by atoms with E-state index in [9.17, 15) is 4.79 Å². The van der Waals surface area contributed by atoms with E-state index in [4.69, 9.17) is 10.8 Å².